The number of nitrogens with zero attached hydrogens (tertiary/aromatic N) is 1. The van der Waals surface area contributed by atoms with Crippen molar-refractivity contribution in [3.63, 3.8) is 0 Å². The van der Waals surface area contributed by atoms with Crippen molar-refractivity contribution in [2.75, 3.05) is 6.54 Å². The Morgan fingerprint density at radius 3 is 2.39 bits per heavy atom. The van der Waals surface area contributed by atoms with Gasteiger partial charge in [0.15, 0.2) is 0 Å². The molecule has 2 unspecified atom stereocenters. The Morgan fingerprint density at radius 1 is 1.44 bits per heavy atom. The van der Waals surface area contributed by atoms with Crippen LogP contribution in [-0.4, -0.2) is 12.7 Å². The van der Waals surface area contributed by atoms with E-state index in [1.807, 2.05) is 19.9 Å². The first-order chi connectivity index (χ1) is 8.38. The third-order valence-corrected chi connectivity index (χ3v) is 2.63. The normalized spacial score (nSPS) is 23.9. The van der Waals surface area contributed by atoms with Crippen LogP contribution in [0.15, 0.2) is 23.3 Å². The second-order valence-corrected chi connectivity index (χ2v) is 3.90. The molecule has 0 aromatic heterocycles. The van der Waals surface area contributed by atoms with Crippen LogP contribution in [0.25, 0.3) is 0 Å². The van der Waals surface area contributed by atoms with Gasteiger partial charge in [0.1, 0.15) is 0 Å². The molecule has 2 N–H and O–H groups in total. The molecule has 2 atom stereocenters. The van der Waals surface area contributed by atoms with Gasteiger partial charge in [-0.05, 0) is 18.9 Å². The van der Waals surface area contributed by atoms with Crippen LogP contribution in [0.5, 0.6) is 0 Å². The van der Waals surface area contributed by atoms with Gasteiger partial charge >= 0.3 is 6.18 Å². The number of hydrogen-bond donors (Lipinski definition) is 1. The number of nitrogens with two attached hydrogens (primary N) is 1. The van der Waals surface area contributed by atoms with E-state index in [-0.39, 0.29) is 13.0 Å². The molecule has 2 nitrogen and oxygen atoms in total. The molecule has 1 rings (SSSR count). The third-order valence-electron chi connectivity index (χ3n) is 2.63. The fourth-order valence-electron chi connectivity index (χ4n) is 1.80. The summed E-state index contributed by atoms with van der Waals surface area (Å²) in [6.45, 7) is 5.71. The van der Waals surface area contributed by atoms with Crippen LogP contribution in [0.4, 0.5) is 13.2 Å². The van der Waals surface area contributed by atoms with Crippen LogP contribution < -0.4 is 5.73 Å². The lowest BCUT2D eigenvalue weighted by molar-refractivity contribution is -0.163. The van der Waals surface area contributed by atoms with Crippen molar-refractivity contribution < 1.29 is 13.2 Å². The largest absolute Gasteiger partial charge is 0.395 e. The highest BCUT2D eigenvalue weighted by Crippen LogP contribution is 2.36. The van der Waals surface area contributed by atoms with Crippen molar-refractivity contribution in [1.82, 2.24) is 0 Å². The lowest BCUT2D eigenvalue weighted by Crippen LogP contribution is -2.24. The van der Waals surface area contributed by atoms with Crippen molar-refractivity contribution in [3.8, 4) is 6.07 Å². The summed E-state index contributed by atoms with van der Waals surface area (Å²) in [6.07, 6.45) is -1.79. The van der Waals surface area contributed by atoms with E-state index >= 15 is 0 Å². The topological polar surface area (TPSA) is 49.8 Å². The minimum absolute atomic E-state index is 0.119. The molecule has 0 bridgehead atoms. The number of rotatable bonds is 1. The highest BCUT2D eigenvalue weighted by atomic mass is 19.4. The first kappa shape index (κ1) is 16.7. The Bertz CT molecular complexity index is 361. The lowest BCUT2D eigenvalue weighted by Gasteiger charge is -2.18. The molecule has 0 saturated heterocycles. The summed E-state index contributed by atoms with van der Waals surface area (Å²) in [5.41, 5.74) is 6.51. The predicted molar refractivity (Wildman–Crippen MR) is 65.5 cm³/mol. The molecule has 0 amide bonds. The van der Waals surface area contributed by atoms with Gasteiger partial charge in [-0.25, -0.2) is 0 Å². The molecular formula is C13H19F3N2. The lowest BCUT2D eigenvalue weighted by atomic mass is 9.91. The number of halogens is 3. The molecule has 0 heterocycles. The minimum atomic E-state index is -4.30. The quantitative estimate of drug-likeness (QED) is 0.783. The number of nitriles is 1. The van der Waals surface area contributed by atoms with Crippen LogP contribution in [0, 0.1) is 23.2 Å². The van der Waals surface area contributed by atoms with Gasteiger partial charge in [-0.2, -0.15) is 18.4 Å². The Morgan fingerprint density at radius 2 is 2.00 bits per heavy atom. The van der Waals surface area contributed by atoms with E-state index in [0.29, 0.717) is 11.1 Å². The Balaban J connectivity index is 0.00000137. The van der Waals surface area contributed by atoms with Crippen LogP contribution in [0.1, 0.15) is 27.2 Å². The van der Waals surface area contributed by atoms with Gasteiger partial charge in [0.2, 0.25) is 0 Å². The average Bonchev–Trinajstić information content (AvgIpc) is 2.49. The monoisotopic (exact) mass is 260 g/mol. The summed E-state index contributed by atoms with van der Waals surface area (Å²) >= 11 is 0. The molecule has 0 aromatic rings. The summed E-state index contributed by atoms with van der Waals surface area (Å²) in [4.78, 5) is 0. The molecule has 0 fully saturated rings. The SMILES string of the molecule is CC.CC1=CC(C(F)(F)F)CC(C#N)C(CN)=C1. The van der Waals surface area contributed by atoms with Crippen molar-refractivity contribution in [1.29, 1.82) is 5.26 Å². The zero-order valence-electron chi connectivity index (χ0n) is 10.9. The molecule has 18 heavy (non-hydrogen) atoms. The molecule has 102 valence electrons. The summed E-state index contributed by atoms with van der Waals surface area (Å²) in [5, 5.41) is 8.85. The van der Waals surface area contributed by atoms with Crippen molar-refractivity contribution in [2.45, 2.75) is 33.4 Å². The molecular weight excluding hydrogens is 241 g/mol. The molecule has 0 saturated carbocycles. The standard InChI is InChI=1S/C11H13F3N2.C2H6/c1-7-2-8(5-15)9(6-16)4-10(3-7)11(12,13)14;1-2/h2-3,9-10H,4-5,15H2,1H3;1-2H3. The van der Waals surface area contributed by atoms with Crippen LogP contribution >= 0.6 is 0 Å². The highest BCUT2D eigenvalue weighted by Gasteiger charge is 2.40. The second-order valence-electron chi connectivity index (χ2n) is 3.90. The first-order valence-electron chi connectivity index (χ1n) is 5.93. The third kappa shape index (κ3) is 4.53. The summed E-state index contributed by atoms with van der Waals surface area (Å²) in [7, 11) is 0. The minimum Gasteiger partial charge on any atom is -0.327 e. The van der Waals surface area contributed by atoms with E-state index in [2.05, 4.69) is 0 Å². The maximum absolute atomic E-state index is 12.6. The molecule has 1 aliphatic carbocycles. The van der Waals surface area contributed by atoms with Crippen molar-refractivity contribution >= 4 is 0 Å². The van der Waals surface area contributed by atoms with Gasteiger partial charge in [0.25, 0.3) is 0 Å². The molecule has 0 aromatic carbocycles. The molecule has 0 radical (unpaired) electrons. The number of allylic oxidation sites excluding steroid dienone is 3. The van der Waals surface area contributed by atoms with Gasteiger partial charge in [-0.3, -0.25) is 0 Å². The molecule has 5 heteroatoms. The van der Waals surface area contributed by atoms with Crippen molar-refractivity contribution in [2.24, 2.45) is 17.6 Å². The smallest absolute Gasteiger partial charge is 0.327 e. The second kappa shape index (κ2) is 7.22. The van der Waals surface area contributed by atoms with E-state index in [1.165, 1.54) is 0 Å². The van der Waals surface area contributed by atoms with Crippen molar-refractivity contribution in [3.05, 3.63) is 23.3 Å². The number of hydrogen-bond acceptors (Lipinski definition) is 2. The first-order valence-corrected chi connectivity index (χ1v) is 5.93. The van der Waals surface area contributed by atoms with Gasteiger partial charge in [-0.1, -0.05) is 31.6 Å². The molecule has 0 aliphatic heterocycles. The fourth-order valence-corrected chi connectivity index (χ4v) is 1.80. The molecule has 1 aliphatic rings. The maximum atomic E-state index is 12.6. The van der Waals surface area contributed by atoms with Crippen LogP contribution in [0.3, 0.4) is 0 Å². The van der Waals surface area contributed by atoms with E-state index < -0.39 is 18.0 Å². The fraction of sp³-hybridized carbons (Fsp3) is 0.615. The van der Waals surface area contributed by atoms with Gasteiger partial charge in [0.05, 0.1) is 17.9 Å². The van der Waals surface area contributed by atoms with Gasteiger partial charge in [0, 0.05) is 6.54 Å². The van der Waals surface area contributed by atoms with E-state index in [1.54, 1.807) is 13.0 Å². The predicted octanol–water partition coefficient (Wildman–Crippen LogP) is 3.57. The van der Waals surface area contributed by atoms with Crippen LogP contribution in [-0.2, 0) is 0 Å². The Labute approximate surface area is 106 Å². The zero-order valence-corrected chi connectivity index (χ0v) is 10.9. The van der Waals surface area contributed by atoms with Crippen LogP contribution in [0.2, 0.25) is 0 Å². The molecule has 0 spiro atoms. The van der Waals surface area contributed by atoms with E-state index in [9.17, 15) is 13.2 Å². The average molecular weight is 260 g/mol. The Kier molecular flexibility index (Phi) is 6.71. The summed E-state index contributed by atoms with van der Waals surface area (Å²) in [5.74, 6) is -2.30. The zero-order chi connectivity index (χ0) is 14.3. The van der Waals surface area contributed by atoms with E-state index in [0.717, 1.165) is 6.08 Å². The van der Waals surface area contributed by atoms with E-state index in [4.69, 9.17) is 11.0 Å². The number of alkyl halides is 3. The van der Waals surface area contributed by atoms with Gasteiger partial charge in [-0.15, -0.1) is 0 Å². The maximum Gasteiger partial charge on any atom is 0.395 e. The highest BCUT2D eigenvalue weighted by molar-refractivity contribution is 5.30. The summed E-state index contributed by atoms with van der Waals surface area (Å²) < 4.78 is 37.9. The summed E-state index contributed by atoms with van der Waals surface area (Å²) in [6, 6.07) is 1.89. The van der Waals surface area contributed by atoms with Gasteiger partial charge < -0.3 is 5.73 Å². The Hall–Kier alpha value is -1.28.